The summed E-state index contributed by atoms with van der Waals surface area (Å²) in [5.41, 5.74) is 4.42. The number of anilines is 2. The van der Waals surface area contributed by atoms with Gasteiger partial charge in [0, 0.05) is 20.2 Å². The quantitative estimate of drug-likeness (QED) is 0.682. The molecule has 102 valence electrons. The number of hydrogen-bond donors (Lipinski definition) is 3. The van der Waals surface area contributed by atoms with Crippen molar-refractivity contribution >= 4 is 11.5 Å². The Bertz CT molecular complexity index is 530. The summed E-state index contributed by atoms with van der Waals surface area (Å²) in [6.07, 6.45) is 0. The number of hydrogen-bond acceptors (Lipinski definition) is 5. The molecule has 0 saturated heterocycles. The minimum Gasteiger partial charge on any atom is -0.383 e. The van der Waals surface area contributed by atoms with Crippen molar-refractivity contribution in [1.29, 1.82) is 0 Å². The van der Waals surface area contributed by atoms with Crippen LogP contribution in [-0.4, -0.2) is 28.3 Å². The number of aromatic nitrogens is 2. The lowest BCUT2D eigenvalue weighted by molar-refractivity contribution is 0.000687. The van der Waals surface area contributed by atoms with E-state index >= 15 is 0 Å². The van der Waals surface area contributed by atoms with Gasteiger partial charge in [0.25, 0.3) is 5.56 Å². The van der Waals surface area contributed by atoms with E-state index in [2.05, 4.69) is 10.3 Å². The second-order valence-electron chi connectivity index (χ2n) is 4.62. The molecule has 0 saturated carbocycles. The fourth-order valence-corrected chi connectivity index (χ4v) is 1.55. The fraction of sp³-hybridized carbons (Fsp3) is 0.636. The Morgan fingerprint density at radius 3 is 2.61 bits per heavy atom. The first kappa shape index (κ1) is 14.3. The number of nitrogens with zero attached hydrogens (tertiary/aromatic N) is 1. The zero-order chi connectivity index (χ0) is 13.9. The van der Waals surface area contributed by atoms with E-state index in [4.69, 9.17) is 10.5 Å². The molecule has 0 atom stereocenters. The van der Waals surface area contributed by atoms with Gasteiger partial charge < -0.3 is 15.8 Å². The Hall–Kier alpha value is -1.76. The van der Waals surface area contributed by atoms with E-state index in [1.165, 1.54) is 11.6 Å². The number of nitrogen functional groups attached to an aromatic ring is 1. The highest BCUT2D eigenvalue weighted by molar-refractivity contribution is 5.60. The Morgan fingerprint density at radius 2 is 2.06 bits per heavy atom. The van der Waals surface area contributed by atoms with Crippen LogP contribution in [0.1, 0.15) is 20.8 Å². The van der Waals surface area contributed by atoms with Crippen molar-refractivity contribution in [1.82, 2.24) is 9.55 Å². The summed E-state index contributed by atoms with van der Waals surface area (Å²) in [6, 6.07) is 0. The Labute approximate surface area is 105 Å². The van der Waals surface area contributed by atoms with E-state index in [0.29, 0.717) is 13.2 Å². The van der Waals surface area contributed by atoms with E-state index in [1.807, 2.05) is 20.8 Å². The zero-order valence-electron chi connectivity index (χ0n) is 11.2. The zero-order valence-corrected chi connectivity index (χ0v) is 11.2. The predicted octanol–water partition coefficient (Wildman–Crippen LogP) is -0.117. The maximum atomic E-state index is 11.6. The molecule has 0 aliphatic heterocycles. The maximum Gasteiger partial charge on any atom is 0.329 e. The van der Waals surface area contributed by atoms with Gasteiger partial charge in [0.2, 0.25) is 0 Å². The standard InChI is InChI=1S/C11H20N4O3/c1-5-18-11(2,3)6-13-7-8(12)15(4)10(17)14-9(7)16/h13H,5-6,12H2,1-4H3,(H,14,16,17). The molecule has 7 heteroatoms. The largest absolute Gasteiger partial charge is 0.383 e. The molecule has 0 spiro atoms. The third kappa shape index (κ3) is 3.13. The highest BCUT2D eigenvalue weighted by atomic mass is 16.5. The smallest absolute Gasteiger partial charge is 0.329 e. The topological polar surface area (TPSA) is 102 Å². The summed E-state index contributed by atoms with van der Waals surface area (Å²) in [6.45, 7) is 6.68. The highest BCUT2D eigenvalue weighted by Crippen LogP contribution is 2.13. The lowest BCUT2D eigenvalue weighted by Gasteiger charge is -2.25. The average Bonchev–Trinajstić information content (AvgIpc) is 2.25. The van der Waals surface area contributed by atoms with Crippen molar-refractivity contribution in [2.75, 3.05) is 24.2 Å². The third-order valence-corrected chi connectivity index (χ3v) is 2.60. The molecule has 0 aliphatic carbocycles. The molecular weight excluding hydrogens is 236 g/mol. The van der Waals surface area contributed by atoms with Crippen molar-refractivity contribution in [3.63, 3.8) is 0 Å². The monoisotopic (exact) mass is 256 g/mol. The van der Waals surface area contributed by atoms with E-state index < -0.39 is 16.9 Å². The van der Waals surface area contributed by atoms with Gasteiger partial charge in [0.05, 0.1) is 5.60 Å². The van der Waals surface area contributed by atoms with Crippen LogP contribution in [0.25, 0.3) is 0 Å². The Kier molecular flexibility index (Phi) is 4.18. The van der Waals surface area contributed by atoms with Gasteiger partial charge in [-0.1, -0.05) is 0 Å². The van der Waals surface area contributed by atoms with Crippen molar-refractivity contribution < 1.29 is 4.74 Å². The van der Waals surface area contributed by atoms with E-state index in [-0.39, 0.29) is 11.5 Å². The van der Waals surface area contributed by atoms with E-state index in [9.17, 15) is 9.59 Å². The summed E-state index contributed by atoms with van der Waals surface area (Å²) >= 11 is 0. The molecule has 0 unspecified atom stereocenters. The van der Waals surface area contributed by atoms with Gasteiger partial charge in [-0.15, -0.1) is 0 Å². The molecule has 0 radical (unpaired) electrons. The van der Waals surface area contributed by atoms with Gasteiger partial charge in [-0.25, -0.2) is 4.79 Å². The predicted molar refractivity (Wildman–Crippen MR) is 70.9 cm³/mol. The number of aromatic amines is 1. The van der Waals surface area contributed by atoms with Gasteiger partial charge in [-0.2, -0.15) is 0 Å². The van der Waals surface area contributed by atoms with Crippen LogP contribution < -0.4 is 22.3 Å². The summed E-state index contributed by atoms with van der Waals surface area (Å²) in [5.74, 6) is 0.107. The second-order valence-corrected chi connectivity index (χ2v) is 4.62. The fourth-order valence-electron chi connectivity index (χ4n) is 1.55. The summed E-state index contributed by atoms with van der Waals surface area (Å²) in [7, 11) is 1.49. The molecule has 0 fully saturated rings. The first-order valence-electron chi connectivity index (χ1n) is 5.75. The van der Waals surface area contributed by atoms with Gasteiger partial charge >= 0.3 is 5.69 Å². The van der Waals surface area contributed by atoms with Crippen LogP contribution in [0.15, 0.2) is 9.59 Å². The average molecular weight is 256 g/mol. The van der Waals surface area contributed by atoms with Crippen molar-refractivity contribution in [2.45, 2.75) is 26.4 Å². The normalized spacial score (nSPS) is 11.6. The molecule has 0 bridgehead atoms. The molecule has 1 aromatic rings. The summed E-state index contributed by atoms with van der Waals surface area (Å²) in [4.78, 5) is 25.1. The first-order valence-corrected chi connectivity index (χ1v) is 5.75. The minimum atomic E-state index is -0.535. The lowest BCUT2D eigenvalue weighted by atomic mass is 10.1. The SMILES string of the molecule is CCOC(C)(C)CNc1c(N)n(C)c(=O)[nH]c1=O. The molecule has 18 heavy (non-hydrogen) atoms. The van der Waals surface area contributed by atoms with Crippen molar-refractivity contribution in [2.24, 2.45) is 7.05 Å². The van der Waals surface area contributed by atoms with Gasteiger partial charge in [-0.3, -0.25) is 14.3 Å². The molecule has 1 aromatic heterocycles. The van der Waals surface area contributed by atoms with Crippen LogP contribution in [-0.2, 0) is 11.8 Å². The van der Waals surface area contributed by atoms with Crippen LogP contribution in [0.5, 0.6) is 0 Å². The number of ether oxygens (including phenoxy) is 1. The number of nitrogens with one attached hydrogen (secondary N) is 2. The lowest BCUT2D eigenvalue weighted by Crippen LogP contribution is -2.37. The number of nitrogens with two attached hydrogens (primary N) is 1. The van der Waals surface area contributed by atoms with Crippen LogP contribution in [0.3, 0.4) is 0 Å². The molecule has 1 rings (SSSR count). The van der Waals surface area contributed by atoms with Crippen molar-refractivity contribution in [3.8, 4) is 0 Å². The van der Waals surface area contributed by atoms with Gasteiger partial charge in [0.1, 0.15) is 11.5 Å². The van der Waals surface area contributed by atoms with E-state index in [0.717, 1.165) is 0 Å². The van der Waals surface area contributed by atoms with Crippen LogP contribution in [0.4, 0.5) is 11.5 Å². The Morgan fingerprint density at radius 1 is 1.44 bits per heavy atom. The van der Waals surface area contributed by atoms with E-state index in [1.54, 1.807) is 0 Å². The van der Waals surface area contributed by atoms with Crippen LogP contribution in [0, 0.1) is 0 Å². The molecule has 0 amide bonds. The summed E-state index contributed by atoms with van der Waals surface area (Å²) in [5, 5.41) is 2.92. The molecule has 7 nitrogen and oxygen atoms in total. The minimum absolute atomic E-state index is 0.107. The molecular formula is C11H20N4O3. The van der Waals surface area contributed by atoms with Gasteiger partial charge in [-0.05, 0) is 20.8 Å². The molecule has 0 aromatic carbocycles. The number of H-pyrrole nitrogens is 1. The highest BCUT2D eigenvalue weighted by Gasteiger charge is 2.19. The second kappa shape index (κ2) is 5.26. The Balaban J connectivity index is 2.96. The molecule has 4 N–H and O–H groups in total. The first-order chi connectivity index (χ1) is 8.28. The molecule has 0 aliphatic rings. The summed E-state index contributed by atoms with van der Waals surface area (Å²) < 4.78 is 6.68. The van der Waals surface area contributed by atoms with Crippen molar-refractivity contribution in [3.05, 3.63) is 20.8 Å². The van der Waals surface area contributed by atoms with Crippen LogP contribution >= 0.6 is 0 Å². The third-order valence-electron chi connectivity index (χ3n) is 2.60. The molecule has 1 heterocycles. The maximum absolute atomic E-state index is 11.6. The van der Waals surface area contributed by atoms with Gasteiger partial charge in [0.15, 0.2) is 0 Å². The number of rotatable bonds is 5. The van der Waals surface area contributed by atoms with Crippen LogP contribution in [0.2, 0.25) is 0 Å².